The summed E-state index contributed by atoms with van der Waals surface area (Å²) in [6.07, 6.45) is 0. The fourth-order valence-electron chi connectivity index (χ4n) is 1.83. The molecule has 3 rings (SSSR count). The van der Waals surface area contributed by atoms with Crippen LogP contribution in [0.25, 0.3) is 22.4 Å². The fourth-order valence-corrected chi connectivity index (χ4v) is 2.19. The number of aromatic hydroxyl groups is 2. The van der Waals surface area contributed by atoms with Gasteiger partial charge in [0.05, 0.1) is 16.6 Å². The van der Waals surface area contributed by atoms with Crippen molar-refractivity contribution in [2.45, 2.75) is 0 Å². The summed E-state index contributed by atoms with van der Waals surface area (Å²) in [5.74, 6) is 0.196. The van der Waals surface area contributed by atoms with Crippen LogP contribution >= 0.6 is 15.9 Å². The molecule has 3 N–H and O–H groups in total. The van der Waals surface area contributed by atoms with Crippen LogP contribution in [0.3, 0.4) is 0 Å². The lowest BCUT2D eigenvalue weighted by Crippen LogP contribution is -1.81. The van der Waals surface area contributed by atoms with Crippen molar-refractivity contribution < 1.29 is 10.2 Å². The van der Waals surface area contributed by atoms with E-state index < -0.39 is 0 Å². The van der Waals surface area contributed by atoms with Gasteiger partial charge < -0.3 is 15.2 Å². The number of phenolic OH excluding ortho intramolecular Hbond substituents is 2. The number of halogens is 1. The highest BCUT2D eigenvalue weighted by Gasteiger charge is 2.12. The number of aromatic nitrogens is 2. The van der Waals surface area contributed by atoms with Crippen molar-refractivity contribution in [3.8, 4) is 22.9 Å². The molecular formula is C13H9BrN2O2. The van der Waals surface area contributed by atoms with Crippen LogP contribution in [-0.2, 0) is 0 Å². The molecule has 0 saturated heterocycles. The molecule has 2 aromatic carbocycles. The van der Waals surface area contributed by atoms with Crippen molar-refractivity contribution in [1.82, 2.24) is 9.97 Å². The summed E-state index contributed by atoms with van der Waals surface area (Å²) < 4.78 is 0.949. The number of aromatic amines is 1. The highest BCUT2D eigenvalue weighted by Crippen LogP contribution is 2.35. The quantitative estimate of drug-likeness (QED) is 0.603. The van der Waals surface area contributed by atoms with Crippen LogP contribution in [0.2, 0.25) is 0 Å². The normalized spacial score (nSPS) is 10.9. The Hall–Kier alpha value is -2.01. The first-order valence-electron chi connectivity index (χ1n) is 5.32. The van der Waals surface area contributed by atoms with Gasteiger partial charge >= 0.3 is 0 Å². The Morgan fingerprint density at radius 2 is 1.94 bits per heavy atom. The summed E-state index contributed by atoms with van der Waals surface area (Å²) in [5, 5.41) is 19.3. The Bertz CT molecular complexity index is 737. The first-order valence-corrected chi connectivity index (χ1v) is 6.11. The third kappa shape index (κ3) is 1.73. The van der Waals surface area contributed by atoms with Crippen LogP contribution < -0.4 is 0 Å². The van der Waals surface area contributed by atoms with Gasteiger partial charge in [0, 0.05) is 4.47 Å². The Morgan fingerprint density at radius 1 is 1.11 bits per heavy atom. The summed E-state index contributed by atoms with van der Waals surface area (Å²) >= 11 is 3.39. The predicted octanol–water partition coefficient (Wildman–Crippen LogP) is 3.40. The molecule has 0 aliphatic heterocycles. The van der Waals surface area contributed by atoms with E-state index in [0.717, 1.165) is 15.5 Å². The average Bonchev–Trinajstić information content (AvgIpc) is 2.75. The number of H-pyrrole nitrogens is 1. The maximum atomic E-state index is 9.81. The van der Waals surface area contributed by atoms with Crippen LogP contribution in [-0.4, -0.2) is 20.2 Å². The number of rotatable bonds is 1. The minimum absolute atomic E-state index is 0.158. The van der Waals surface area contributed by atoms with Gasteiger partial charge in [0.25, 0.3) is 0 Å². The number of hydrogen-bond donors (Lipinski definition) is 3. The first kappa shape index (κ1) is 11.1. The molecule has 1 aromatic heterocycles. The molecule has 0 unspecified atom stereocenters. The van der Waals surface area contributed by atoms with E-state index in [0.29, 0.717) is 11.4 Å². The Morgan fingerprint density at radius 3 is 2.78 bits per heavy atom. The lowest BCUT2D eigenvalue weighted by Gasteiger charge is -2.02. The van der Waals surface area contributed by atoms with Gasteiger partial charge in [0.1, 0.15) is 5.82 Å². The first-order chi connectivity index (χ1) is 8.65. The zero-order chi connectivity index (χ0) is 12.7. The summed E-state index contributed by atoms with van der Waals surface area (Å²) in [6, 6.07) is 10.5. The molecule has 0 radical (unpaired) electrons. The van der Waals surface area contributed by atoms with Crippen LogP contribution in [0, 0.1) is 0 Å². The van der Waals surface area contributed by atoms with E-state index in [2.05, 4.69) is 25.9 Å². The number of phenols is 2. The summed E-state index contributed by atoms with van der Waals surface area (Å²) in [5.41, 5.74) is 2.14. The predicted molar refractivity (Wildman–Crippen MR) is 72.6 cm³/mol. The van der Waals surface area contributed by atoms with Gasteiger partial charge in [-0.15, -0.1) is 0 Å². The molecule has 18 heavy (non-hydrogen) atoms. The maximum absolute atomic E-state index is 9.81. The number of para-hydroxylation sites is 1. The molecule has 0 bridgehead atoms. The minimum Gasteiger partial charge on any atom is -0.504 e. The molecule has 1 heterocycles. The van der Waals surface area contributed by atoms with Crippen LogP contribution in [0.5, 0.6) is 11.5 Å². The van der Waals surface area contributed by atoms with E-state index in [-0.39, 0.29) is 11.5 Å². The molecule has 0 spiro atoms. The van der Waals surface area contributed by atoms with E-state index in [1.807, 2.05) is 18.2 Å². The molecular weight excluding hydrogens is 296 g/mol. The molecule has 0 fully saturated rings. The van der Waals surface area contributed by atoms with Crippen molar-refractivity contribution in [1.29, 1.82) is 0 Å². The van der Waals surface area contributed by atoms with Crippen LogP contribution in [0.4, 0.5) is 0 Å². The van der Waals surface area contributed by atoms with Crippen LogP contribution in [0.15, 0.2) is 40.9 Å². The highest BCUT2D eigenvalue weighted by atomic mass is 79.9. The third-order valence-electron chi connectivity index (χ3n) is 2.71. The number of benzene rings is 2. The fraction of sp³-hybridized carbons (Fsp3) is 0. The van der Waals surface area contributed by atoms with Gasteiger partial charge in [-0.05, 0) is 30.3 Å². The maximum Gasteiger partial charge on any atom is 0.168 e. The Kier molecular flexibility index (Phi) is 2.48. The molecule has 90 valence electrons. The van der Waals surface area contributed by atoms with Crippen molar-refractivity contribution in [2.24, 2.45) is 0 Å². The van der Waals surface area contributed by atoms with Gasteiger partial charge in [0.15, 0.2) is 11.5 Å². The van der Waals surface area contributed by atoms with Crippen molar-refractivity contribution in [2.75, 3.05) is 0 Å². The molecule has 0 amide bonds. The molecule has 0 aliphatic rings. The summed E-state index contributed by atoms with van der Waals surface area (Å²) in [7, 11) is 0. The lowest BCUT2D eigenvalue weighted by atomic mass is 10.2. The number of fused-ring (bicyclic) bond motifs is 1. The van der Waals surface area contributed by atoms with Crippen molar-refractivity contribution in [3.05, 3.63) is 40.9 Å². The second kappa shape index (κ2) is 4.03. The van der Waals surface area contributed by atoms with Crippen molar-refractivity contribution >= 4 is 27.0 Å². The van der Waals surface area contributed by atoms with Gasteiger partial charge in [-0.25, -0.2) is 4.98 Å². The number of nitrogens with zero attached hydrogens (tertiary/aromatic N) is 1. The van der Waals surface area contributed by atoms with Gasteiger partial charge in [-0.1, -0.05) is 22.0 Å². The summed E-state index contributed by atoms with van der Waals surface area (Å²) in [4.78, 5) is 7.49. The number of nitrogens with one attached hydrogen (secondary N) is 1. The number of hydrogen-bond acceptors (Lipinski definition) is 3. The lowest BCUT2D eigenvalue weighted by molar-refractivity contribution is 0.405. The van der Waals surface area contributed by atoms with E-state index in [4.69, 9.17) is 0 Å². The molecule has 3 aromatic rings. The Balaban J connectivity index is 2.22. The highest BCUT2D eigenvalue weighted by molar-refractivity contribution is 9.10. The topological polar surface area (TPSA) is 69.1 Å². The molecule has 5 heteroatoms. The average molecular weight is 305 g/mol. The van der Waals surface area contributed by atoms with Crippen LogP contribution in [0.1, 0.15) is 0 Å². The molecule has 4 nitrogen and oxygen atoms in total. The second-order valence-corrected chi connectivity index (χ2v) is 4.84. The molecule has 0 aliphatic carbocycles. The third-order valence-corrected chi connectivity index (χ3v) is 3.21. The van der Waals surface area contributed by atoms with E-state index in [9.17, 15) is 10.2 Å². The zero-order valence-corrected chi connectivity index (χ0v) is 10.8. The van der Waals surface area contributed by atoms with Crippen molar-refractivity contribution in [3.63, 3.8) is 0 Å². The monoisotopic (exact) mass is 304 g/mol. The van der Waals surface area contributed by atoms with Gasteiger partial charge in [0.2, 0.25) is 0 Å². The standard InChI is InChI=1S/C13H9BrN2O2/c14-7-4-5-9-10(6-7)16-13(15-9)8-2-1-3-11(17)12(8)18/h1-6,17-18H,(H,15,16). The smallest absolute Gasteiger partial charge is 0.168 e. The summed E-state index contributed by atoms with van der Waals surface area (Å²) in [6.45, 7) is 0. The molecule has 0 atom stereocenters. The van der Waals surface area contributed by atoms with E-state index in [1.54, 1.807) is 12.1 Å². The zero-order valence-electron chi connectivity index (χ0n) is 9.18. The molecule has 0 saturated carbocycles. The van der Waals surface area contributed by atoms with E-state index in [1.165, 1.54) is 6.07 Å². The van der Waals surface area contributed by atoms with Gasteiger partial charge in [-0.2, -0.15) is 0 Å². The number of imidazole rings is 1. The Labute approximate surface area is 111 Å². The van der Waals surface area contributed by atoms with E-state index >= 15 is 0 Å². The SMILES string of the molecule is Oc1cccc(-c2nc3ccc(Br)cc3[nH]2)c1O. The second-order valence-electron chi connectivity index (χ2n) is 3.92. The van der Waals surface area contributed by atoms with Gasteiger partial charge in [-0.3, -0.25) is 0 Å². The minimum atomic E-state index is -0.171. The largest absolute Gasteiger partial charge is 0.504 e.